The van der Waals surface area contributed by atoms with Crippen LogP contribution < -0.4 is 10.6 Å². The predicted molar refractivity (Wildman–Crippen MR) is 145 cm³/mol. The molecule has 1 aromatic heterocycles. The van der Waals surface area contributed by atoms with Crippen molar-refractivity contribution in [3.8, 4) is 0 Å². The molecule has 5 nitrogen and oxygen atoms in total. The van der Waals surface area contributed by atoms with Crippen LogP contribution in [0.15, 0.2) is 66.9 Å². The first-order valence-electron chi connectivity index (χ1n) is 10.7. The van der Waals surface area contributed by atoms with Gasteiger partial charge in [0.25, 0.3) is 5.91 Å². The summed E-state index contributed by atoms with van der Waals surface area (Å²) in [6.45, 7) is 1.70. The summed E-state index contributed by atoms with van der Waals surface area (Å²) in [5.41, 5.74) is 2.83. The average Bonchev–Trinajstić information content (AvgIpc) is 3.20. The molecule has 1 heterocycles. The van der Waals surface area contributed by atoms with Gasteiger partial charge in [-0.25, -0.2) is 0 Å². The van der Waals surface area contributed by atoms with Gasteiger partial charge in [0.1, 0.15) is 0 Å². The summed E-state index contributed by atoms with van der Waals surface area (Å²) in [4.78, 5) is 26.0. The van der Waals surface area contributed by atoms with Crippen molar-refractivity contribution in [2.45, 2.75) is 12.3 Å². The standard InChI is InChI=1S/C26H21Cl4N3O2/c1-14(23(30)16-10-17(27)12-18(28)11-16)25(34)31-19-6-7-21(29)20(13-19)26(35)32-22-5-3-4-15-8-9-33(2)24(15)22/h3-14,23H,1-2H3,(H,31,34)(H,32,35). The normalized spacial score (nSPS) is 12.9. The van der Waals surface area contributed by atoms with Crippen LogP contribution in [0.1, 0.15) is 28.2 Å². The second-order valence-corrected chi connectivity index (χ2v) is 9.95. The van der Waals surface area contributed by atoms with Crippen LogP contribution in [-0.2, 0) is 11.8 Å². The second kappa shape index (κ2) is 10.5. The van der Waals surface area contributed by atoms with Crippen molar-refractivity contribution in [1.29, 1.82) is 0 Å². The van der Waals surface area contributed by atoms with Crippen LogP contribution in [0.5, 0.6) is 0 Å². The van der Waals surface area contributed by atoms with E-state index in [2.05, 4.69) is 10.6 Å². The van der Waals surface area contributed by atoms with Crippen molar-refractivity contribution in [2.24, 2.45) is 13.0 Å². The van der Waals surface area contributed by atoms with Gasteiger partial charge < -0.3 is 15.2 Å². The molecule has 4 rings (SSSR count). The number of hydrogen-bond donors (Lipinski definition) is 2. The van der Waals surface area contributed by atoms with Gasteiger partial charge in [-0.1, -0.05) is 53.9 Å². The van der Waals surface area contributed by atoms with E-state index in [1.165, 1.54) is 6.07 Å². The van der Waals surface area contributed by atoms with Gasteiger partial charge in [0, 0.05) is 34.4 Å². The van der Waals surface area contributed by atoms with E-state index in [-0.39, 0.29) is 16.5 Å². The van der Waals surface area contributed by atoms with Gasteiger partial charge in [0.05, 0.1) is 33.1 Å². The van der Waals surface area contributed by atoms with Gasteiger partial charge in [-0.05, 0) is 54.1 Å². The number of anilines is 2. The minimum absolute atomic E-state index is 0.229. The largest absolute Gasteiger partial charge is 0.349 e. The van der Waals surface area contributed by atoms with Crippen LogP contribution in [0.25, 0.3) is 10.9 Å². The number of carbonyl (C=O) groups excluding carboxylic acids is 2. The first kappa shape index (κ1) is 25.4. The van der Waals surface area contributed by atoms with Gasteiger partial charge in [-0.2, -0.15) is 0 Å². The number of para-hydroxylation sites is 1. The molecule has 0 fully saturated rings. The van der Waals surface area contributed by atoms with Crippen LogP contribution >= 0.6 is 46.4 Å². The van der Waals surface area contributed by atoms with Crippen LogP contribution in [0.4, 0.5) is 11.4 Å². The molecule has 9 heteroatoms. The third kappa shape index (κ3) is 5.60. The molecule has 0 aliphatic rings. The Morgan fingerprint density at radius 2 is 1.63 bits per heavy atom. The number of nitrogens with zero attached hydrogens (tertiary/aromatic N) is 1. The van der Waals surface area contributed by atoms with Crippen molar-refractivity contribution in [3.63, 3.8) is 0 Å². The van der Waals surface area contributed by atoms with Gasteiger partial charge in [-0.3, -0.25) is 9.59 Å². The highest BCUT2D eigenvalue weighted by atomic mass is 35.5. The molecule has 0 aliphatic heterocycles. The lowest BCUT2D eigenvalue weighted by Crippen LogP contribution is -2.24. The lowest BCUT2D eigenvalue weighted by molar-refractivity contribution is -0.119. The summed E-state index contributed by atoms with van der Waals surface area (Å²) < 4.78 is 1.93. The first-order valence-corrected chi connectivity index (χ1v) is 12.3. The molecule has 0 radical (unpaired) electrons. The number of benzene rings is 3. The molecule has 2 N–H and O–H groups in total. The van der Waals surface area contributed by atoms with Crippen molar-refractivity contribution >= 4 is 80.5 Å². The van der Waals surface area contributed by atoms with E-state index in [1.807, 2.05) is 42.1 Å². The Kier molecular flexibility index (Phi) is 7.62. The molecule has 0 spiro atoms. The summed E-state index contributed by atoms with van der Waals surface area (Å²) in [5, 5.41) is 7.20. The zero-order chi connectivity index (χ0) is 25.3. The van der Waals surface area contributed by atoms with Crippen LogP contribution in [0.3, 0.4) is 0 Å². The van der Waals surface area contributed by atoms with E-state index in [0.717, 1.165) is 10.9 Å². The predicted octanol–water partition coefficient (Wildman–Crippen LogP) is 7.95. The van der Waals surface area contributed by atoms with Crippen molar-refractivity contribution < 1.29 is 9.59 Å². The highest BCUT2D eigenvalue weighted by molar-refractivity contribution is 6.35. The topological polar surface area (TPSA) is 63.1 Å². The minimum Gasteiger partial charge on any atom is -0.349 e. The Balaban J connectivity index is 1.52. The monoisotopic (exact) mass is 547 g/mol. The third-order valence-electron chi connectivity index (χ3n) is 5.68. The Morgan fingerprint density at radius 1 is 0.914 bits per heavy atom. The maximum atomic E-state index is 13.1. The molecule has 0 aliphatic carbocycles. The molecule has 35 heavy (non-hydrogen) atoms. The van der Waals surface area contributed by atoms with E-state index in [1.54, 1.807) is 37.3 Å². The molecule has 2 atom stereocenters. The lowest BCUT2D eigenvalue weighted by atomic mass is 9.99. The summed E-state index contributed by atoms with van der Waals surface area (Å²) >= 11 is 25.0. The van der Waals surface area contributed by atoms with Crippen molar-refractivity contribution in [3.05, 3.63) is 93.1 Å². The molecular weight excluding hydrogens is 528 g/mol. The molecule has 0 saturated carbocycles. The summed E-state index contributed by atoms with van der Waals surface area (Å²) in [5.74, 6) is -1.34. The summed E-state index contributed by atoms with van der Waals surface area (Å²) in [6.07, 6.45) is 1.92. The number of aryl methyl sites for hydroxylation is 1. The SMILES string of the molecule is CC(C(=O)Nc1ccc(Cl)c(C(=O)Nc2cccc3ccn(C)c23)c1)C(Cl)c1cc(Cl)cc(Cl)c1. The molecule has 0 bridgehead atoms. The van der Waals surface area contributed by atoms with Gasteiger partial charge in [0.15, 0.2) is 0 Å². The number of hydrogen-bond acceptors (Lipinski definition) is 2. The van der Waals surface area contributed by atoms with E-state index >= 15 is 0 Å². The third-order valence-corrected chi connectivity index (χ3v) is 7.08. The van der Waals surface area contributed by atoms with E-state index in [9.17, 15) is 9.59 Å². The Bertz CT molecular complexity index is 1410. The fraction of sp³-hybridized carbons (Fsp3) is 0.154. The number of alkyl halides is 1. The molecular formula is C26H21Cl4N3O2. The van der Waals surface area contributed by atoms with Gasteiger partial charge in [-0.15, -0.1) is 11.6 Å². The quantitative estimate of drug-likeness (QED) is 0.240. The lowest BCUT2D eigenvalue weighted by Gasteiger charge is -2.19. The van der Waals surface area contributed by atoms with E-state index < -0.39 is 17.2 Å². The summed E-state index contributed by atoms with van der Waals surface area (Å²) in [6, 6.07) is 17.3. The van der Waals surface area contributed by atoms with Crippen LogP contribution in [-0.4, -0.2) is 16.4 Å². The first-order chi connectivity index (χ1) is 16.6. The van der Waals surface area contributed by atoms with E-state index in [0.29, 0.717) is 27.0 Å². The molecule has 4 aromatic rings. The van der Waals surface area contributed by atoms with Crippen LogP contribution in [0, 0.1) is 5.92 Å². The Hall–Kier alpha value is -2.70. The average molecular weight is 549 g/mol. The minimum atomic E-state index is -0.660. The smallest absolute Gasteiger partial charge is 0.257 e. The number of nitrogens with one attached hydrogen (secondary N) is 2. The highest BCUT2D eigenvalue weighted by Gasteiger charge is 2.25. The fourth-order valence-corrected chi connectivity index (χ4v) is 4.82. The Morgan fingerprint density at radius 3 is 2.34 bits per heavy atom. The maximum Gasteiger partial charge on any atom is 0.257 e. The van der Waals surface area contributed by atoms with Crippen LogP contribution in [0.2, 0.25) is 15.1 Å². The number of carbonyl (C=O) groups is 2. The molecule has 180 valence electrons. The molecule has 0 saturated heterocycles. The zero-order valence-electron chi connectivity index (χ0n) is 18.8. The number of rotatable bonds is 6. The summed E-state index contributed by atoms with van der Waals surface area (Å²) in [7, 11) is 1.91. The second-order valence-electron chi connectivity index (χ2n) is 8.20. The van der Waals surface area contributed by atoms with E-state index in [4.69, 9.17) is 46.4 Å². The Labute approximate surface area is 222 Å². The highest BCUT2D eigenvalue weighted by Crippen LogP contribution is 2.34. The fourth-order valence-electron chi connectivity index (χ4n) is 3.84. The molecule has 2 unspecified atom stereocenters. The number of fused-ring (bicyclic) bond motifs is 1. The number of amides is 2. The van der Waals surface area contributed by atoms with Gasteiger partial charge in [0.2, 0.25) is 5.91 Å². The molecule has 3 aromatic carbocycles. The van der Waals surface area contributed by atoms with Crippen molar-refractivity contribution in [1.82, 2.24) is 4.57 Å². The zero-order valence-corrected chi connectivity index (χ0v) is 21.8. The number of halogens is 4. The molecule has 2 amide bonds. The maximum absolute atomic E-state index is 13.1. The number of aromatic nitrogens is 1. The van der Waals surface area contributed by atoms with Crippen molar-refractivity contribution in [2.75, 3.05) is 10.6 Å². The van der Waals surface area contributed by atoms with Gasteiger partial charge >= 0.3 is 0 Å².